The van der Waals surface area contributed by atoms with Crippen LogP contribution >= 0.6 is 0 Å². The maximum Gasteiger partial charge on any atom is 0.183 e. The molecule has 2 saturated carbocycles. The first kappa shape index (κ1) is 26.2. The number of hydrogen-bond acceptors (Lipinski definition) is 3. The van der Waals surface area contributed by atoms with Crippen LogP contribution in [0, 0.1) is 17.8 Å². The molecule has 1 heterocycles. The van der Waals surface area contributed by atoms with Gasteiger partial charge in [-0.1, -0.05) is 63.8 Å². The maximum atomic E-state index is 6.15. The zero-order valence-corrected chi connectivity index (χ0v) is 22.0. The lowest BCUT2D eigenvalue weighted by molar-refractivity contribution is -0.206. The predicted molar refractivity (Wildman–Crippen MR) is 140 cm³/mol. The third-order valence-electron chi connectivity index (χ3n) is 8.87. The van der Waals surface area contributed by atoms with E-state index in [2.05, 4.69) is 38.1 Å². The standard InChI is InChI=1S/C31H50O3/c1-3-5-7-21-32-30-19-17-28(18-20-30)26-11-9-25(10-12-26)27-13-15-29(16-14-27)31-33-22-24(23-34-31)8-6-4-2/h13-16,24-26,28,30-31H,3-12,17-23H2,1-2H3. The van der Waals surface area contributed by atoms with E-state index in [1.54, 1.807) is 0 Å². The van der Waals surface area contributed by atoms with Gasteiger partial charge in [-0.3, -0.25) is 0 Å². The molecule has 0 unspecified atom stereocenters. The van der Waals surface area contributed by atoms with Gasteiger partial charge in [0.2, 0.25) is 0 Å². The van der Waals surface area contributed by atoms with Crippen LogP contribution in [-0.4, -0.2) is 25.9 Å². The lowest BCUT2D eigenvalue weighted by Crippen LogP contribution is -2.28. The summed E-state index contributed by atoms with van der Waals surface area (Å²) in [6, 6.07) is 9.19. The summed E-state index contributed by atoms with van der Waals surface area (Å²) in [5.41, 5.74) is 2.70. The van der Waals surface area contributed by atoms with E-state index in [1.165, 1.54) is 101 Å². The third kappa shape index (κ3) is 7.55. The molecule has 3 nitrogen and oxygen atoms in total. The second-order valence-corrected chi connectivity index (χ2v) is 11.4. The van der Waals surface area contributed by atoms with E-state index in [0.717, 1.165) is 37.6 Å². The molecule has 0 amide bonds. The van der Waals surface area contributed by atoms with Gasteiger partial charge in [-0.2, -0.15) is 0 Å². The van der Waals surface area contributed by atoms with Crippen LogP contribution in [0.3, 0.4) is 0 Å². The fourth-order valence-corrected chi connectivity index (χ4v) is 6.57. The minimum atomic E-state index is -0.173. The monoisotopic (exact) mass is 470 g/mol. The lowest BCUT2D eigenvalue weighted by Gasteiger charge is -2.38. The zero-order chi connectivity index (χ0) is 23.6. The Morgan fingerprint density at radius 1 is 0.706 bits per heavy atom. The van der Waals surface area contributed by atoms with Gasteiger partial charge in [0, 0.05) is 18.1 Å². The molecule has 4 rings (SSSR count). The van der Waals surface area contributed by atoms with Crippen LogP contribution in [0.25, 0.3) is 0 Å². The molecule has 1 aromatic carbocycles. The van der Waals surface area contributed by atoms with Crippen LogP contribution in [0.4, 0.5) is 0 Å². The summed E-state index contributed by atoms with van der Waals surface area (Å²) < 4.78 is 18.2. The first-order valence-corrected chi connectivity index (χ1v) is 14.7. The Bertz CT molecular complexity index is 662. The molecule has 0 aromatic heterocycles. The summed E-state index contributed by atoms with van der Waals surface area (Å²) in [5.74, 6) is 3.19. The average molecular weight is 471 g/mol. The van der Waals surface area contributed by atoms with Gasteiger partial charge in [0.25, 0.3) is 0 Å². The van der Waals surface area contributed by atoms with Crippen molar-refractivity contribution in [3.05, 3.63) is 35.4 Å². The number of benzene rings is 1. The van der Waals surface area contributed by atoms with Gasteiger partial charge in [0.05, 0.1) is 19.3 Å². The zero-order valence-electron chi connectivity index (χ0n) is 22.0. The van der Waals surface area contributed by atoms with E-state index in [0.29, 0.717) is 12.0 Å². The van der Waals surface area contributed by atoms with Crippen molar-refractivity contribution in [1.82, 2.24) is 0 Å². The van der Waals surface area contributed by atoms with Crippen LogP contribution in [0.1, 0.15) is 127 Å². The Morgan fingerprint density at radius 2 is 1.29 bits per heavy atom. The summed E-state index contributed by atoms with van der Waals surface area (Å²) in [4.78, 5) is 0. The fourth-order valence-electron chi connectivity index (χ4n) is 6.57. The Hall–Kier alpha value is -0.900. The van der Waals surface area contributed by atoms with Gasteiger partial charge in [-0.25, -0.2) is 0 Å². The van der Waals surface area contributed by atoms with Crippen molar-refractivity contribution in [2.24, 2.45) is 17.8 Å². The summed E-state index contributed by atoms with van der Waals surface area (Å²) in [5, 5.41) is 0. The molecule has 0 N–H and O–H groups in total. The Labute approximate surface area is 209 Å². The van der Waals surface area contributed by atoms with Crippen molar-refractivity contribution in [2.75, 3.05) is 19.8 Å². The smallest absolute Gasteiger partial charge is 0.183 e. The van der Waals surface area contributed by atoms with Gasteiger partial charge < -0.3 is 14.2 Å². The molecule has 3 fully saturated rings. The van der Waals surface area contributed by atoms with Crippen molar-refractivity contribution in [3.63, 3.8) is 0 Å². The largest absolute Gasteiger partial charge is 0.378 e. The maximum absolute atomic E-state index is 6.15. The number of unbranched alkanes of at least 4 members (excludes halogenated alkanes) is 3. The molecular weight excluding hydrogens is 420 g/mol. The molecule has 1 saturated heterocycles. The number of ether oxygens (including phenoxy) is 3. The summed E-state index contributed by atoms with van der Waals surface area (Å²) in [6.07, 6.45) is 18.8. The van der Waals surface area contributed by atoms with Crippen molar-refractivity contribution in [2.45, 2.75) is 122 Å². The molecule has 3 heteroatoms. The number of rotatable bonds is 11. The minimum Gasteiger partial charge on any atom is -0.378 e. The average Bonchev–Trinajstić information content (AvgIpc) is 2.91. The molecule has 1 aromatic rings. The molecular formula is C31H50O3. The van der Waals surface area contributed by atoms with Crippen molar-refractivity contribution < 1.29 is 14.2 Å². The van der Waals surface area contributed by atoms with E-state index in [1.807, 2.05) is 0 Å². The topological polar surface area (TPSA) is 27.7 Å². The summed E-state index contributed by atoms with van der Waals surface area (Å²) in [6.45, 7) is 7.16. The first-order valence-electron chi connectivity index (χ1n) is 14.7. The van der Waals surface area contributed by atoms with Gasteiger partial charge in [-0.05, 0) is 87.5 Å². The molecule has 0 radical (unpaired) electrons. The van der Waals surface area contributed by atoms with Gasteiger partial charge in [0.1, 0.15) is 0 Å². The fraction of sp³-hybridized carbons (Fsp3) is 0.806. The van der Waals surface area contributed by atoms with E-state index in [-0.39, 0.29) is 6.29 Å². The predicted octanol–water partition coefficient (Wildman–Crippen LogP) is 8.58. The van der Waals surface area contributed by atoms with Crippen LogP contribution in [0.2, 0.25) is 0 Å². The van der Waals surface area contributed by atoms with Crippen LogP contribution < -0.4 is 0 Å². The Balaban J connectivity index is 1.16. The molecule has 34 heavy (non-hydrogen) atoms. The van der Waals surface area contributed by atoms with Crippen molar-refractivity contribution in [1.29, 1.82) is 0 Å². The molecule has 192 valence electrons. The Morgan fingerprint density at radius 3 is 1.91 bits per heavy atom. The summed E-state index contributed by atoms with van der Waals surface area (Å²) >= 11 is 0. The molecule has 0 spiro atoms. The minimum absolute atomic E-state index is 0.173. The normalized spacial score (nSPS) is 32.5. The van der Waals surface area contributed by atoms with Gasteiger partial charge >= 0.3 is 0 Å². The molecule has 0 bridgehead atoms. The number of hydrogen-bond donors (Lipinski definition) is 0. The second-order valence-electron chi connectivity index (χ2n) is 11.4. The van der Waals surface area contributed by atoms with E-state index < -0.39 is 0 Å². The first-order chi connectivity index (χ1) is 16.8. The van der Waals surface area contributed by atoms with Gasteiger partial charge in [0.15, 0.2) is 6.29 Å². The van der Waals surface area contributed by atoms with E-state index >= 15 is 0 Å². The van der Waals surface area contributed by atoms with Crippen molar-refractivity contribution >= 4 is 0 Å². The highest BCUT2D eigenvalue weighted by Gasteiger charge is 2.31. The highest BCUT2D eigenvalue weighted by atomic mass is 16.7. The summed E-state index contributed by atoms with van der Waals surface area (Å²) in [7, 11) is 0. The van der Waals surface area contributed by atoms with Crippen LogP contribution in [-0.2, 0) is 14.2 Å². The quantitative estimate of drug-likeness (QED) is 0.303. The Kier molecular flexibility index (Phi) is 10.8. The van der Waals surface area contributed by atoms with Crippen molar-refractivity contribution in [3.8, 4) is 0 Å². The second kappa shape index (κ2) is 14.0. The highest BCUT2D eigenvalue weighted by Crippen LogP contribution is 2.43. The third-order valence-corrected chi connectivity index (χ3v) is 8.87. The lowest BCUT2D eigenvalue weighted by atomic mass is 9.69. The molecule has 1 aliphatic heterocycles. The highest BCUT2D eigenvalue weighted by molar-refractivity contribution is 5.26. The SMILES string of the molecule is CCCCCOC1CCC(C2CCC(c3ccc(C4OCC(CCCC)CO4)cc3)CC2)CC1. The van der Waals surface area contributed by atoms with Crippen LogP contribution in [0.15, 0.2) is 24.3 Å². The molecule has 0 atom stereocenters. The molecule has 2 aliphatic carbocycles. The van der Waals surface area contributed by atoms with Crippen LogP contribution in [0.5, 0.6) is 0 Å². The van der Waals surface area contributed by atoms with Gasteiger partial charge in [-0.15, -0.1) is 0 Å². The molecule has 3 aliphatic rings. The van der Waals surface area contributed by atoms with E-state index in [9.17, 15) is 0 Å². The van der Waals surface area contributed by atoms with E-state index in [4.69, 9.17) is 14.2 Å².